The number of halogens is 4. The van der Waals surface area contributed by atoms with Gasteiger partial charge in [-0.25, -0.2) is 0 Å². The summed E-state index contributed by atoms with van der Waals surface area (Å²) in [7, 11) is 0. The predicted octanol–water partition coefficient (Wildman–Crippen LogP) is 2.28. The van der Waals surface area contributed by atoms with Gasteiger partial charge in [-0.2, -0.15) is 18.3 Å². The van der Waals surface area contributed by atoms with E-state index in [1.54, 1.807) is 13.0 Å². The van der Waals surface area contributed by atoms with Gasteiger partial charge in [0.05, 0.1) is 5.52 Å². The third kappa shape index (κ3) is 3.99. The standard InChI is InChI=1S/C15H17F3N4O.ClH/c1-9-11(14(23)20-8-15(16,17)18)2-3-13-12(9)7-22(21-13)6-10-4-19-5-10;/h2-3,7,10,19H,4-6,8H2,1H3,(H,20,23);1H. The Bertz CT molecular complexity index is 740. The molecule has 1 fully saturated rings. The van der Waals surface area contributed by atoms with Crippen molar-refractivity contribution >= 4 is 29.2 Å². The van der Waals surface area contributed by atoms with Gasteiger partial charge in [0.15, 0.2) is 0 Å². The molecular formula is C15H18ClF3N4O. The van der Waals surface area contributed by atoms with Gasteiger partial charge < -0.3 is 10.6 Å². The lowest BCUT2D eigenvalue weighted by molar-refractivity contribution is -0.123. The van der Waals surface area contributed by atoms with Gasteiger partial charge in [-0.05, 0) is 24.6 Å². The van der Waals surface area contributed by atoms with E-state index in [1.165, 1.54) is 6.07 Å². The van der Waals surface area contributed by atoms with Crippen LogP contribution in [-0.2, 0) is 6.54 Å². The van der Waals surface area contributed by atoms with Crippen LogP contribution in [0.4, 0.5) is 13.2 Å². The second-order valence-electron chi connectivity index (χ2n) is 5.84. The zero-order valence-electron chi connectivity index (χ0n) is 13.0. The van der Waals surface area contributed by atoms with Crippen LogP contribution in [0.1, 0.15) is 15.9 Å². The van der Waals surface area contributed by atoms with E-state index >= 15 is 0 Å². The van der Waals surface area contributed by atoms with Crippen molar-refractivity contribution in [3.05, 3.63) is 29.5 Å². The molecular weight excluding hydrogens is 345 g/mol. The Kier molecular flexibility index (Phi) is 5.39. The Morgan fingerprint density at radius 2 is 2.12 bits per heavy atom. The number of aryl methyl sites for hydroxylation is 1. The normalized spacial score (nSPS) is 15.0. The summed E-state index contributed by atoms with van der Waals surface area (Å²) in [5, 5.41) is 10.3. The van der Waals surface area contributed by atoms with Crippen LogP contribution < -0.4 is 10.6 Å². The maximum absolute atomic E-state index is 12.2. The fraction of sp³-hybridized carbons (Fsp3) is 0.467. The van der Waals surface area contributed by atoms with Gasteiger partial charge in [-0.15, -0.1) is 12.4 Å². The van der Waals surface area contributed by atoms with E-state index in [2.05, 4.69) is 10.4 Å². The van der Waals surface area contributed by atoms with Gasteiger partial charge in [0.1, 0.15) is 6.54 Å². The van der Waals surface area contributed by atoms with Gasteiger partial charge in [-0.1, -0.05) is 0 Å². The van der Waals surface area contributed by atoms with Crippen molar-refractivity contribution in [3.63, 3.8) is 0 Å². The fourth-order valence-corrected chi connectivity index (χ4v) is 2.64. The molecule has 0 aliphatic carbocycles. The summed E-state index contributed by atoms with van der Waals surface area (Å²) in [6, 6.07) is 3.19. The van der Waals surface area contributed by atoms with Crippen LogP contribution in [0.15, 0.2) is 18.3 Å². The Hall–Kier alpha value is -1.80. The molecule has 0 saturated carbocycles. The number of carbonyl (C=O) groups is 1. The molecule has 1 aromatic heterocycles. The first kappa shape index (κ1) is 18.5. The molecule has 0 spiro atoms. The monoisotopic (exact) mass is 362 g/mol. The summed E-state index contributed by atoms with van der Waals surface area (Å²) in [6.07, 6.45) is -2.57. The molecule has 3 rings (SSSR count). The van der Waals surface area contributed by atoms with E-state index in [4.69, 9.17) is 0 Å². The molecule has 1 aromatic carbocycles. The molecule has 1 aliphatic rings. The first-order valence-corrected chi connectivity index (χ1v) is 7.36. The summed E-state index contributed by atoms with van der Waals surface area (Å²) in [5.41, 5.74) is 1.62. The highest BCUT2D eigenvalue weighted by Crippen LogP contribution is 2.22. The number of hydrogen-bond acceptors (Lipinski definition) is 3. The van der Waals surface area contributed by atoms with Crippen LogP contribution >= 0.6 is 12.4 Å². The molecule has 9 heteroatoms. The van der Waals surface area contributed by atoms with Crippen molar-refractivity contribution in [3.8, 4) is 0 Å². The lowest BCUT2D eigenvalue weighted by atomic mass is 10.0. The SMILES string of the molecule is Cc1c(C(=O)NCC(F)(F)F)ccc2nn(CC3CNC3)cc12.Cl. The summed E-state index contributed by atoms with van der Waals surface area (Å²) < 4.78 is 38.5. The van der Waals surface area contributed by atoms with Crippen molar-refractivity contribution in [1.82, 2.24) is 20.4 Å². The van der Waals surface area contributed by atoms with Crippen molar-refractivity contribution in [2.45, 2.75) is 19.6 Å². The lowest BCUT2D eigenvalue weighted by Crippen LogP contribution is -2.44. The number of nitrogens with one attached hydrogen (secondary N) is 2. The number of rotatable bonds is 4. The van der Waals surface area contributed by atoms with Crippen molar-refractivity contribution in [2.75, 3.05) is 19.6 Å². The second-order valence-corrected chi connectivity index (χ2v) is 5.84. The zero-order valence-corrected chi connectivity index (χ0v) is 13.8. The van der Waals surface area contributed by atoms with Crippen molar-refractivity contribution in [2.24, 2.45) is 5.92 Å². The zero-order chi connectivity index (χ0) is 16.6. The minimum atomic E-state index is -4.42. The van der Waals surface area contributed by atoms with Crippen LogP contribution in [0.5, 0.6) is 0 Å². The highest BCUT2D eigenvalue weighted by Gasteiger charge is 2.28. The molecule has 0 atom stereocenters. The number of carbonyl (C=O) groups excluding carboxylic acids is 1. The van der Waals surface area contributed by atoms with Crippen LogP contribution in [-0.4, -0.2) is 41.5 Å². The van der Waals surface area contributed by atoms with Gasteiger partial charge in [-0.3, -0.25) is 9.48 Å². The van der Waals surface area contributed by atoms with Crippen LogP contribution in [0, 0.1) is 12.8 Å². The maximum atomic E-state index is 12.2. The number of benzene rings is 1. The number of hydrogen-bond donors (Lipinski definition) is 2. The molecule has 1 amide bonds. The number of fused-ring (bicyclic) bond motifs is 1. The van der Waals surface area contributed by atoms with Gasteiger partial charge in [0, 0.05) is 42.7 Å². The minimum absolute atomic E-state index is 0. The van der Waals surface area contributed by atoms with Crippen LogP contribution in [0.3, 0.4) is 0 Å². The molecule has 2 N–H and O–H groups in total. The first-order valence-electron chi connectivity index (χ1n) is 7.36. The molecule has 2 heterocycles. The molecule has 132 valence electrons. The highest BCUT2D eigenvalue weighted by molar-refractivity contribution is 6.00. The van der Waals surface area contributed by atoms with Gasteiger partial charge in [0.25, 0.3) is 5.91 Å². The smallest absolute Gasteiger partial charge is 0.343 e. The molecule has 2 aromatic rings. The Morgan fingerprint density at radius 1 is 1.42 bits per heavy atom. The Balaban J connectivity index is 0.00000208. The molecule has 1 saturated heterocycles. The number of nitrogens with zero attached hydrogens (tertiary/aromatic N) is 2. The highest BCUT2D eigenvalue weighted by atomic mass is 35.5. The van der Waals surface area contributed by atoms with E-state index in [1.807, 2.05) is 16.2 Å². The van der Waals surface area contributed by atoms with Crippen LogP contribution in [0.25, 0.3) is 10.9 Å². The quantitative estimate of drug-likeness (QED) is 0.877. The molecule has 24 heavy (non-hydrogen) atoms. The lowest BCUT2D eigenvalue weighted by Gasteiger charge is -2.26. The van der Waals surface area contributed by atoms with Crippen molar-refractivity contribution < 1.29 is 18.0 Å². The van der Waals surface area contributed by atoms with Gasteiger partial charge in [0.2, 0.25) is 0 Å². The summed E-state index contributed by atoms with van der Waals surface area (Å²) in [6.45, 7) is 3.09. The third-order valence-corrected chi connectivity index (χ3v) is 4.01. The van der Waals surface area contributed by atoms with Gasteiger partial charge >= 0.3 is 6.18 Å². The third-order valence-electron chi connectivity index (χ3n) is 4.01. The topological polar surface area (TPSA) is 59.0 Å². The second kappa shape index (κ2) is 6.98. The summed E-state index contributed by atoms with van der Waals surface area (Å²) >= 11 is 0. The number of alkyl halides is 3. The summed E-state index contributed by atoms with van der Waals surface area (Å²) in [5.74, 6) is -0.183. The number of amides is 1. The van der Waals surface area contributed by atoms with Crippen LogP contribution in [0.2, 0.25) is 0 Å². The minimum Gasteiger partial charge on any atom is -0.343 e. The Labute approximate surface area is 143 Å². The van der Waals surface area contributed by atoms with E-state index in [0.717, 1.165) is 30.5 Å². The van der Waals surface area contributed by atoms with Crippen molar-refractivity contribution in [1.29, 1.82) is 0 Å². The van der Waals surface area contributed by atoms with E-state index in [9.17, 15) is 18.0 Å². The first-order chi connectivity index (χ1) is 10.8. The van der Waals surface area contributed by atoms with E-state index in [0.29, 0.717) is 11.5 Å². The number of aromatic nitrogens is 2. The van der Waals surface area contributed by atoms with E-state index in [-0.39, 0.29) is 18.0 Å². The molecule has 1 aliphatic heterocycles. The average Bonchev–Trinajstić information content (AvgIpc) is 2.84. The maximum Gasteiger partial charge on any atom is 0.405 e. The Morgan fingerprint density at radius 3 is 2.71 bits per heavy atom. The summed E-state index contributed by atoms with van der Waals surface area (Å²) in [4.78, 5) is 11.9. The molecule has 5 nitrogen and oxygen atoms in total. The molecule has 0 unspecified atom stereocenters. The molecule has 0 bridgehead atoms. The fourth-order valence-electron chi connectivity index (χ4n) is 2.64. The molecule has 0 radical (unpaired) electrons. The largest absolute Gasteiger partial charge is 0.405 e. The average molecular weight is 363 g/mol. The van der Waals surface area contributed by atoms with E-state index < -0.39 is 18.6 Å². The predicted molar refractivity (Wildman–Crippen MR) is 86.5 cm³/mol.